The van der Waals surface area contributed by atoms with Crippen molar-refractivity contribution in [3.8, 4) is 5.75 Å². The number of fused-ring (bicyclic) bond motifs is 1. The average molecular weight is 253 g/mol. The molecule has 0 aliphatic heterocycles. The highest BCUT2D eigenvalue weighted by Crippen LogP contribution is 2.36. The van der Waals surface area contributed by atoms with Gasteiger partial charge in [-0.15, -0.1) is 0 Å². The fourth-order valence-electron chi connectivity index (χ4n) is 2.32. The van der Waals surface area contributed by atoms with Crippen molar-refractivity contribution < 1.29 is 4.74 Å². The summed E-state index contributed by atoms with van der Waals surface area (Å²) in [7, 11) is 1.61. The van der Waals surface area contributed by atoms with E-state index in [9.17, 15) is 0 Å². The van der Waals surface area contributed by atoms with Crippen LogP contribution >= 0.6 is 11.6 Å². The Morgan fingerprint density at radius 1 is 1.35 bits per heavy atom. The van der Waals surface area contributed by atoms with Gasteiger partial charge in [-0.3, -0.25) is 0 Å². The van der Waals surface area contributed by atoms with Crippen molar-refractivity contribution in [2.75, 3.05) is 7.11 Å². The first kappa shape index (κ1) is 12.3. The summed E-state index contributed by atoms with van der Waals surface area (Å²) in [6.45, 7) is 6.00. The van der Waals surface area contributed by atoms with Crippen LogP contribution in [0, 0.1) is 6.92 Å². The monoisotopic (exact) mass is 252 g/mol. The Morgan fingerprint density at radius 2 is 2.00 bits per heavy atom. The Bertz CT molecular complexity index is 567. The molecule has 0 radical (unpaired) electrons. The number of aryl methyl sites for hydroxylation is 1. The molecule has 0 spiro atoms. The third-order valence-corrected chi connectivity index (χ3v) is 3.20. The van der Waals surface area contributed by atoms with E-state index in [-0.39, 0.29) is 0 Å². The maximum Gasteiger partial charge on any atom is 0.138 e. The van der Waals surface area contributed by atoms with E-state index >= 15 is 0 Å². The molecular formula is C13H17ClN2O. The Labute approximate surface area is 106 Å². The lowest BCUT2D eigenvalue weighted by Gasteiger charge is -2.19. The number of halogens is 1. The van der Waals surface area contributed by atoms with Gasteiger partial charge in [0.15, 0.2) is 0 Å². The van der Waals surface area contributed by atoms with E-state index in [2.05, 4.69) is 4.98 Å². The molecule has 0 aliphatic carbocycles. The van der Waals surface area contributed by atoms with Gasteiger partial charge in [0.1, 0.15) is 5.75 Å². The molecule has 1 heterocycles. The van der Waals surface area contributed by atoms with Gasteiger partial charge in [0.05, 0.1) is 12.1 Å². The first-order valence-electron chi connectivity index (χ1n) is 5.49. The summed E-state index contributed by atoms with van der Waals surface area (Å²) in [6, 6.07) is 3.81. The van der Waals surface area contributed by atoms with Crippen LogP contribution in [0.15, 0.2) is 12.1 Å². The second kappa shape index (κ2) is 3.93. The van der Waals surface area contributed by atoms with Crippen molar-refractivity contribution in [2.24, 2.45) is 5.73 Å². The van der Waals surface area contributed by atoms with Crippen LogP contribution in [0.3, 0.4) is 0 Å². The molecule has 4 heteroatoms. The van der Waals surface area contributed by atoms with Gasteiger partial charge in [0.25, 0.3) is 0 Å². The van der Waals surface area contributed by atoms with Crippen LogP contribution in [0.4, 0.5) is 0 Å². The van der Waals surface area contributed by atoms with Crippen LogP contribution in [-0.2, 0) is 5.54 Å². The first-order valence-corrected chi connectivity index (χ1v) is 5.87. The molecule has 0 atom stereocenters. The molecule has 1 aromatic heterocycles. The lowest BCUT2D eigenvalue weighted by Crippen LogP contribution is -2.29. The van der Waals surface area contributed by atoms with Crippen molar-refractivity contribution in [3.63, 3.8) is 0 Å². The summed E-state index contributed by atoms with van der Waals surface area (Å²) in [5, 5.41) is 1.67. The Kier molecular flexibility index (Phi) is 2.84. The van der Waals surface area contributed by atoms with Crippen LogP contribution in [0.2, 0.25) is 5.02 Å². The molecule has 3 nitrogen and oxygen atoms in total. The molecule has 1 aromatic carbocycles. The van der Waals surface area contributed by atoms with E-state index in [1.54, 1.807) is 7.11 Å². The molecule has 0 bridgehead atoms. The molecule has 17 heavy (non-hydrogen) atoms. The van der Waals surface area contributed by atoms with Crippen LogP contribution in [-0.4, -0.2) is 12.1 Å². The number of nitrogens with two attached hydrogens (primary N) is 1. The van der Waals surface area contributed by atoms with E-state index < -0.39 is 5.54 Å². The predicted octanol–water partition coefficient (Wildman–Crippen LogP) is 3.33. The lowest BCUT2D eigenvalue weighted by atomic mass is 9.93. The Balaban J connectivity index is 2.81. The fourth-order valence-corrected chi connectivity index (χ4v) is 2.56. The van der Waals surface area contributed by atoms with Gasteiger partial charge in [-0.25, -0.2) is 0 Å². The van der Waals surface area contributed by atoms with Gasteiger partial charge in [-0.05, 0) is 38.5 Å². The van der Waals surface area contributed by atoms with Crippen LogP contribution < -0.4 is 10.5 Å². The molecule has 92 valence electrons. The molecule has 0 fully saturated rings. The minimum Gasteiger partial charge on any atom is -0.495 e. The van der Waals surface area contributed by atoms with Crippen LogP contribution in [0.1, 0.15) is 25.1 Å². The maximum absolute atomic E-state index is 6.20. The zero-order chi connectivity index (χ0) is 12.8. The SMILES string of the molecule is COc1cc2c(C(C)(C)N)c(C)[nH]c2cc1Cl. The molecule has 0 saturated carbocycles. The molecule has 2 aromatic rings. The second-order valence-electron chi connectivity index (χ2n) is 4.88. The minimum atomic E-state index is -0.402. The summed E-state index contributed by atoms with van der Waals surface area (Å²) in [6.07, 6.45) is 0. The van der Waals surface area contributed by atoms with Gasteiger partial charge in [0.2, 0.25) is 0 Å². The van der Waals surface area contributed by atoms with Crippen molar-refractivity contribution in [3.05, 3.63) is 28.4 Å². The fraction of sp³-hybridized carbons (Fsp3) is 0.385. The average Bonchev–Trinajstić information content (AvgIpc) is 2.50. The van der Waals surface area contributed by atoms with Gasteiger partial charge < -0.3 is 15.5 Å². The number of ether oxygens (including phenoxy) is 1. The smallest absolute Gasteiger partial charge is 0.138 e. The highest BCUT2D eigenvalue weighted by atomic mass is 35.5. The van der Waals surface area contributed by atoms with Gasteiger partial charge >= 0.3 is 0 Å². The summed E-state index contributed by atoms with van der Waals surface area (Å²) in [5.74, 6) is 0.670. The van der Waals surface area contributed by atoms with Gasteiger partial charge in [-0.1, -0.05) is 11.6 Å². The number of H-pyrrole nitrogens is 1. The number of aromatic amines is 1. The van der Waals surface area contributed by atoms with Gasteiger partial charge in [0, 0.05) is 22.1 Å². The van der Waals surface area contributed by atoms with Crippen LogP contribution in [0.5, 0.6) is 5.75 Å². The molecule has 3 N–H and O–H groups in total. The Hall–Kier alpha value is -1.19. The standard InChI is InChI=1S/C13H17ClN2O/c1-7-12(13(2,3)15)8-5-11(17-4)9(14)6-10(8)16-7/h5-6,16H,15H2,1-4H3. The second-order valence-corrected chi connectivity index (χ2v) is 5.29. The summed E-state index contributed by atoms with van der Waals surface area (Å²) >= 11 is 6.10. The number of aromatic nitrogens is 1. The predicted molar refractivity (Wildman–Crippen MR) is 71.8 cm³/mol. The van der Waals surface area contributed by atoms with Crippen molar-refractivity contribution >= 4 is 22.5 Å². The van der Waals surface area contributed by atoms with Crippen molar-refractivity contribution in [1.82, 2.24) is 4.98 Å². The summed E-state index contributed by atoms with van der Waals surface area (Å²) in [5.41, 5.74) is 8.96. The molecular weight excluding hydrogens is 236 g/mol. The molecule has 0 saturated heterocycles. The third-order valence-electron chi connectivity index (χ3n) is 2.90. The molecule has 0 aliphatic rings. The summed E-state index contributed by atoms with van der Waals surface area (Å²) in [4.78, 5) is 3.31. The number of benzene rings is 1. The maximum atomic E-state index is 6.20. The van der Waals surface area contributed by atoms with Crippen molar-refractivity contribution in [2.45, 2.75) is 26.3 Å². The largest absolute Gasteiger partial charge is 0.495 e. The van der Waals surface area contributed by atoms with E-state index in [1.165, 1.54) is 0 Å². The van der Waals surface area contributed by atoms with E-state index in [1.807, 2.05) is 32.9 Å². The quantitative estimate of drug-likeness (QED) is 0.861. The molecule has 0 unspecified atom stereocenters. The number of rotatable bonds is 2. The summed E-state index contributed by atoms with van der Waals surface area (Å²) < 4.78 is 5.24. The first-order chi connectivity index (χ1) is 7.84. The minimum absolute atomic E-state index is 0.402. The Morgan fingerprint density at radius 3 is 2.53 bits per heavy atom. The zero-order valence-electron chi connectivity index (χ0n) is 10.5. The molecule has 0 amide bonds. The third kappa shape index (κ3) is 2.01. The number of hydrogen-bond acceptors (Lipinski definition) is 2. The topological polar surface area (TPSA) is 51.0 Å². The number of nitrogens with one attached hydrogen (secondary N) is 1. The normalized spacial score (nSPS) is 12.1. The van der Waals surface area contributed by atoms with Crippen LogP contribution in [0.25, 0.3) is 10.9 Å². The highest BCUT2D eigenvalue weighted by molar-refractivity contribution is 6.32. The number of hydrogen-bond donors (Lipinski definition) is 2. The van der Waals surface area contributed by atoms with Crippen molar-refractivity contribution in [1.29, 1.82) is 0 Å². The number of methoxy groups -OCH3 is 1. The molecule has 2 rings (SSSR count). The van der Waals surface area contributed by atoms with E-state index in [0.29, 0.717) is 10.8 Å². The van der Waals surface area contributed by atoms with Gasteiger partial charge in [-0.2, -0.15) is 0 Å². The lowest BCUT2D eigenvalue weighted by molar-refractivity contribution is 0.415. The highest BCUT2D eigenvalue weighted by Gasteiger charge is 2.22. The van der Waals surface area contributed by atoms with E-state index in [4.69, 9.17) is 22.1 Å². The zero-order valence-corrected chi connectivity index (χ0v) is 11.3. The van der Waals surface area contributed by atoms with E-state index in [0.717, 1.165) is 22.2 Å².